The molecular formula is C11H13N2NaO6S2. The molecule has 22 heavy (non-hydrogen) atoms. The van der Waals surface area contributed by atoms with Crippen LogP contribution < -0.4 is 40.4 Å². The van der Waals surface area contributed by atoms with E-state index in [1.165, 1.54) is 18.7 Å². The zero-order chi connectivity index (χ0) is 15.7. The van der Waals surface area contributed by atoms with Crippen LogP contribution in [-0.2, 0) is 14.3 Å². The van der Waals surface area contributed by atoms with Gasteiger partial charge in [0.1, 0.15) is 12.0 Å². The van der Waals surface area contributed by atoms with Gasteiger partial charge in [0, 0.05) is 5.75 Å². The van der Waals surface area contributed by atoms with Gasteiger partial charge in [-0.1, -0.05) is 11.8 Å². The maximum absolute atomic E-state index is 11.9. The monoisotopic (exact) mass is 356 g/mol. The smallest absolute Gasteiger partial charge is 0.543 e. The third kappa shape index (κ3) is 3.74. The number of carbonyl (C=O) groups excluding carboxylic acids is 3. The maximum atomic E-state index is 11.9. The summed E-state index contributed by atoms with van der Waals surface area (Å²) in [5.41, 5.74) is 4.63. The predicted molar refractivity (Wildman–Crippen MR) is 73.4 cm³/mol. The number of fused-ring (bicyclic) bond motifs is 1. The third-order valence-electron chi connectivity index (χ3n) is 3.02. The number of β-lactam (4-membered cyclic amide) rings is 1. The Morgan fingerprint density at radius 1 is 1.59 bits per heavy atom. The number of hydrogen-bond acceptors (Lipinski definition) is 8. The number of rotatable bonds is 6. The summed E-state index contributed by atoms with van der Waals surface area (Å²) < 4.78 is 4.96. The van der Waals surface area contributed by atoms with Crippen LogP contribution in [0.5, 0.6) is 0 Å². The molecule has 8 nitrogen and oxygen atoms in total. The number of ether oxygens (including phenoxy) is 1. The molecule has 2 aliphatic rings. The van der Waals surface area contributed by atoms with Crippen molar-refractivity contribution in [2.75, 3.05) is 12.4 Å². The molecule has 0 aromatic rings. The van der Waals surface area contributed by atoms with Crippen LogP contribution >= 0.6 is 23.5 Å². The van der Waals surface area contributed by atoms with E-state index in [1.54, 1.807) is 0 Å². The van der Waals surface area contributed by atoms with Crippen LogP contribution in [-0.4, -0.2) is 51.8 Å². The first-order chi connectivity index (χ1) is 9.84. The molecule has 1 fully saturated rings. The summed E-state index contributed by atoms with van der Waals surface area (Å²) >= 11 is 2.33. The van der Waals surface area contributed by atoms with Gasteiger partial charge in [0.25, 0.3) is 0 Å². The van der Waals surface area contributed by atoms with Gasteiger partial charge in [0.15, 0.2) is 0 Å². The SMILES string of the molecule is C[C@@H](O)[C@H]1C(=O)N2C(C(=O)[O-])=C(SCCOC(N)=O)S[C@H]12.[Na+]. The quantitative estimate of drug-likeness (QED) is 0.277. The van der Waals surface area contributed by atoms with E-state index in [0.717, 1.165) is 16.7 Å². The Balaban J connectivity index is 0.00000242. The number of aliphatic hydroxyl groups is 1. The third-order valence-corrected chi connectivity index (χ3v) is 5.64. The summed E-state index contributed by atoms with van der Waals surface area (Å²) in [5, 5.41) is 20.3. The van der Waals surface area contributed by atoms with Crippen LogP contribution in [0.4, 0.5) is 4.79 Å². The van der Waals surface area contributed by atoms with Crippen LogP contribution in [0, 0.1) is 5.92 Å². The Labute approximate surface area is 157 Å². The van der Waals surface area contributed by atoms with Crippen LogP contribution in [0.1, 0.15) is 6.92 Å². The molecule has 0 bridgehead atoms. The number of thioether (sulfide) groups is 2. The van der Waals surface area contributed by atoms with Crippen molar-refractivity contribution in [3.63, 3.8) is 0 Å². The summed E-state index contributed by atoms with van der Waals surface area (Å²) in [6.07, 6.45) is -1.76. The Bertz CT molecular complexity index is 527. The number of carbonyl (C=O) groups is 3. The molecule has 0 unspecified atom stereocenters. The summed E-state index contributed by atoms with van der Waals surface area (Å²) in [6, 6.07) is 0. The number of carboxylic acid groups (broad SMARTS) is 1. The molecule has 0 spiro atoms. The van der Waals surface area contributed by atoms with Crippen molar-refractivity contribution in [1.29, 1.82) is 0 Å². The molecule has 2 aliphatic heterocycles. The normalized spacial score (nSPS) is 24.3. The molecule has 3 atom stereocenters. The van der Waals surface area contributed by atoms with Crippen molar-refractivity contribution in [3.05, 3.63) is 9.93 Å². The summed E-state index contributed by atoms with van der Waals surface area (Å²) in [4.78, 5) is 34.7. The minimum atomic E-state index is -1.44. The molecule has 0 saturated carbocycles. The van der Waals surface area contributed by atoms with E-state index < -0.39 is 35.4 Å². The average molecular weight is 356 g/mol. The van der Waals surface area contributed by atoms with E-state index in [-0.39, 0.29) is 41.9 Å². The number of amides is 2. The summed E-state index contributed by atoms with van der Waals surface area (Å²) in [7, 11) is 0. The minimum Gasteiger partial charge on any atom is -0.543 e. The molecule has 0 aromatic carbocycles. The van der Waals surface area contributed by atoms with Gasteiger partial charge in [-0.2, -0.15) is 0 Å². The number of nitrogens with zero attached hydrogens (tertiary/aromatic N) is 1. The molecule has 2 heterocycles. The van der Waals surface area contributed by atoms with Crippen molar-refractivity contribution in [2.45, 2.75) is 18.4 Å². The first-order valence-electron chi connectivity index (χ1n) is 6.03. The molecule has 1 saturated heterocycles. The number of carboxylic acids is 1. The molecule has 116 valence electrons. The average Bonchev–Trinajstić information content (AvgIpc) is 2.68. The number of aliphatic hydroxyl groups excluding tert-OH is 1. The van der Waals surface area contributed by atoms with E-state index in [2.05, 4.69) is 4.74 Å². The zero-order valence-corrected chi connectivity index (χ0v) is 15.6. The number of nitrogens with two attached hydrogens (primary N) is 1. The first-order valence-corrected chi connectivity index (χ1v) is 7.89. The molecule has 0 aliphatic carbocycles. The number of primary amides is 1. The van der Waals surface area contributed by atoms with Crippen molar-refractivity contribution in [2.24, 2.45) is 11.7 Å². The van der Waals surface area contributed by atoms with Crippen molar-refractivity contribution in [3.8, 4) is 0 Å². The van der Waals surface area contributed by atoms with Gasteiger partial charge in [-0.15, -0.1) is 11.8 Å². The van der Waals surface area contributed by atoms with Crippen LogP contribution in [0.25, 0.3) is 0 Å². The fourth-order valence-electron chi connectivity index (χ4n) is 2.12. The van der Waals surface area contributed by atoms with Crippen molar-refractivity contribution >= 4 is 41.5 Å². The molecule has 3 N–H and O–H groups in total. The molecule has 0 radical (unpaired) electrons. The van der Waals surface area contributed by atoms with Gasteiger partial charge in [-0.25, -0.2) is 4.79 Å². The zero-order valence-electron chi connectivity index (χ0n) is 12.0. The van der Waals surface area contributed by atoms with Gasteiger partial charge in [0.2, 0.25) is 5.91 Å². The molecule has 0 aromatic heterocycles. The fraction of sp³-hybridized carbons (Fsp3) is 0.545. The van der Waals surface area contributed by atoms with Crippen molar-refractivity contribution < 1.29 is 58.9 Å². The van der Waals surface area contributed by atoms with E-state index in [9.17, 15) is 24.6 Å². The van der Waals surface area contributed by atoms with Crippen molar-refractivity contribution in [1.82, 2.24) is 4.90 Å². The van der Waals surface area contributed by atoms with Gasteiger partial charge in [-0.05, 0) is 6.92 Å². The minimum absolute atomic E-state index is 0. The number of aliphatic carboxylic acids is 1. The van der Waals surface area contributed by atoms with Gasteiger partial charge < -0.3 is 25.5 Å². The largest absolute Gasteiger partial charge is 1.00 e. The topological polar surface area (TPSA) is 133 Å². The second-order valence-corrected chi connectivity index (χ2v) is 6.91. The molecule has 2 amide bonds. The summed E-state index contributed by atoms with van der Waals surface area (Å²) in [6.45, 7) is 1.52. The fourth-order valence-corrected chi connectivity index (χ4v) is 4.93. The predicted octanol–water partition coefficient (Wildman–Crippen LogP) is -4.35. The standard InChI is InChI=1S/C11H14N2O6S2.Na/c1-4(14)5-7(15)13-6(9(16)17)10(21-8(5)13)20-3-2-19-11(12)18;/h4-5,8,14H,2-3H2,1H3,(H2,12,18)(H,16,17);/q;+1/p-1/t4-,5+,8-;/m1./s1. The van der Waals surface area contributed by atoms with Crippen LogP contribution in [0.15, 0.2) is 9.93 Å². The second kappa shape index (κ2) is 7.93. The van der Waals surface area contributed by atoms with E-state index in [1.807, 2.05) is 0 Å². The molecule has 11 heteroatoms. The van der Waals surface area contributed by atoms with Gasteiger partial charge >= 0.3 is 35.7 Å². The second-order valence-electron chi connectivity index (χ2n) is 4.42. The Morgan fingerprint density at radius 2 is 2.23 bits per heavy atom. The van der Waals surface area contributed by atoms with E-state index >= 15 is 0 Å². The number of hydrogen-bond donors (Lipinski definition) is 2. The Kier molecular flexibility index (Phi) is 7.09. The van der Waals surface area contributed by atoms with E-state index in [4.69, 9.17) is 5.73 Å². The van der Waals surface area contributed by atoms with Crippen LogP contribution in [0.2, 0.25) is 0 Å². The summed E-state index contributed by atoms with van der Waals surface area (Å²) in [5.74, 6) is -2.19. The molecule has 2 rings (SSSR count). The maximum Gasteiger partial charge on any atom is 1.00 e. The Hall–Kier alpha value is -0.390. The van der Waals surface area contributed by atoms with E-state index in [0.29, 0.717) is 9.99 Å². The first kappa shape index (κ1) is 19.7. The Morgan fingerprint density at radius 3 is 2.73 bits per heavy atom. The van der Waals surface area contributed by atoms with Gasteiger partial charge in [-0.3, -0.25) is 9.69 Å². The van der Waals surface area contributed by atoms with Gasteiger partial charge in [0.05, 0.1) is 27.9 Å². The molecular weight excluding hydrogens is 343 g/mol. The van der Waals surface area contributed by atoms with Crippen LogP contribution in [0.3, 0.4) is 0 Å².